The van der Waals surface area contributed by atoms with Crippen LogP contribution in [0.5, 0.6) is 0 Å². The molecule has 0 saturated heterocycles. The first-order chi connectivity index (χ1) is 6.54. The monoisotopic (exact) mass is 209 g/mol. The lowest BCUT2D eigenvalue weighted by Crippen LogP contribution is -2.11. The normalized spacial score (nSPS) is 12.1. The molecule has 1 unspecified atom stereocenters. The molecule has 1 rings (SSSR count). The number of primary amides is 1. The number of rotatable bonds is 3. The van der Waals surface area contributed by atoms with Crippen LogP contribution < -0.4 is 5.73 Å². The number of carbonyl (C=O) groups excluding carboxylic acids is 1. The molecule has 0 bridgehead atoms. The van der Waals surface area contributed by atoms with E-state index in [0.717, 1.165) is 5.56 Å². The maximum Gasteiger partial charge on any atom is 0.248 e. The summed E-state index contributed by atoms with van der Waals surface area (Å²) in [7, 11) is 0. The quantitative estimate of drug-likeness (QED) is 0.765. The summed E-state index contributed by atoms with van der Waals surface area (Å²) >= 11 is 5.85. The van der Waals surface area contributed by atoms with Crippen LogP contribution in [0.2, 0.25) is 5.02 Å². The van der Waals surface area contributed by atoms with Crippen molar-refractivity contribution in [2.24, 2.45) is 5.73 Å². The molecule has 0 aliphatic heterocycles. The largest absolute Gasteiger partial charge is 0.366 e. The van der Waals surface area contributed by atoms with Crippen molar-refractivity contribution in [1.29, 1.82) is 0 Å². The van der Waals surface area contributed by atoms with Gasteiger partial charge in [0.25, 0.3) is 0 Å². The van der Waals surface area contributed by atoms with E-state index < -0.39 is 5.91 Å². The third-order valence-corrected chi connectivity index (χ3v) is 2.30. The van der Waals surface area contributed by atoms with E-state index in [-0.39, 0.29) is 5.92 Å². The van der Waals surface area contributed by atoms with E-state index in [4.69, 9.17) is 17.3 Å². The van der Waals surface area contributed by atoms with Gasteiger partial charge in [-0.3, -0.25) is 4.79 Å². The fraction of sp³-hybridized carbons (Fsp3) is 0.182. The summed E-state index contributed by atoms with van der Waals surface area (Å²) in [6.45, 7) is 5.66. The highest BCUT2D eigenvalue weighted by atomic mass is 35.5. The Morgan fingerprint density at radius 2 is 2.21 bits per heavy atom. The second kappa shape index (κ2) is 4.29. The van der Waals surface area contributed by atoms with Crippen LogP contribution in [0, 0.1) is 0 Å². The summed E-state index contributed by atoms with van der Waals surface area (Å²) in [4.78, 5) is 11.0. The molecule has 0 saturated carbocycles. The topological polar surface area (TPSA) is 43.1 Å². The van der Waals surface area contributed by atoms with Crippen molar-refractivity contribution in [3.8, 4) is 0 Å². The molecule has 2 nitrogen and oxygen atoms in total. The van der Waals surface area contributed by atoms with E-state index in [1.165, 1.54) is 0 Å². The van der Waals surface area contributed by atoms with Gasteiger partial charge >= 0.3 is 0 Å². The number of carbonyl (C=O) groups is 1. The van der Waals surface area contributed by atoms with Crippen LogP contribution in [0.3, 0.4) is 0 Å². The van der Waals surface area contributed by atoms with Crippen LogP contribution >= 0.6 is 11.6 Å². The second-order valence-electron chi connectivity index (χ2n) is 3.16. The third-order valence-electron chi connectivity index (χ3n) is 2.08. The van der Waals surface area contributed by atoms with Crippen molar-refractivity contribution >= 4 is 17.5 Å². The van der Waals surface area contributed by atoms with Crippen LogP contribution in [0.4, 0.5) is 0 Å². The lowest BCUT2D eigenvalue weighted by molar-refractivity contribution is 0.1000. The molecular weight excluding hydrogens is 198 g/mol. The highest BCUT2D eigenvalue weighted by Crippen LogP contribution is 2.22. The SMILES string of the molecule is C=CC(C)c1cc(Cl)cc(C(N)=O)c1. The van der Waals surface area contributed by atoms with Crippen molar-refractivity contribution in [2.75, 3.05) is 0 Å². The van der Waals surface area contributed by atoms with Gasteiger partial charge < -0.3 is 5.73 Å². The maximum atomic E-state index is 11.0. The number of hydrogen-bond donors (Lipinski definition) is 1. The minimum atomic E-state index is -0.468. The zero-order chi connectivity index (χ0) is 10.7. The van der Waals surface area contributed by atoms with Crippen molar-refractivity contribution in [2.45, 2.75) is 12.8 Å². The second-order valence-corrected chi connectivity index (χ2v) is 3.60. The van der Waals surface area contributed by atoms with Gasteiger partial charge in [-0.2, -0.15) is 0 Å². The Labute approximate surface area is 88.4 Å². The average molecular weight is 210 g/mol. The predicted octanol–water partition coefficient (Wildman–Crippen LogP) is 2.73. The van der Waals surface area contributed by atoms with Gasteiger partial charge in [-0.1, -0.05) is 24.6 Å². The van der Waals surface area contributed by atoms with Gasteiger partial charge in [0.15, 0.2) is 0 Å². The fourth-order valence-corrected chi connectivity index (χ4v) is 1.40. The first-order valence-corrected chi connectivity index (χ1v) is 4.65. The highest BCUT2D eigenvalue weighted by molar-refractivity contribution is 6.31. The molecule has 0 spiro atoms. The Hall–Kier alpha value is -1.28. The Kier molecular flexibility index (Phi) is 3.31. The summed E-state index contributed by atoms with van der Waals surface area (Å²) in [6.07, 6.45) is 1.79. The number of halogens is 1. The highest BCUT2D eigenvalue weighted by Gasteiger charge is 2.07. The molecule has 2 N–H and O–H groups in total. The molecule has 1 aromatic carbocycles. The summed E-state index contributed by atoms with van der Waals surface area (Å²) in [6, 6.07) is 5.10. The molecule has 74 valence electrons. The number of allylic oxidation sites excluding steroid dienone is 1. The van der Waals surface area contributed by atoms with E-state index in [2.05, 4.69) is 6.58 Å². The molecule has 1 aromatic rings. The van der Waals surface area contributed by atoms with E-state index in [1.807, 2.05) is 6.92 Å². The van der Waals surface area contributed by atoms with Crippen LogP contribution in [-0.2, 0) is 0 Å². The number of amides is 1. The summed E-state index contributed by atoms with van der Waals surface area (Å²) < 4.78 is 0. The van der Waals surface area contributed by atoms with E-state index in [9.17, 15) is 4.79 Å². The molecule has 1 atom stereocenters. The predicted molar refractivity (Wildman–Crippen MR) is 58.6 cm³/mol. The zero-order valence-electron chi connectivity index (χ0n) is 7.96. The first-order valence-electron chi connectivity index (χ1n) is 4.27. The lowest BCUT2D eigenvalue weighted by atomic mass is 9.99. The number of nitrogens with two attached hydrogens (primary N) is 1. The van der Waals surface area contributed by atoms with Crippen LogP contribution in [-0.4, -0.2) is 5.91 Å². The molecule has 0 aromatic heterocycles. The van der Waals surface area contributed by atoms with Gasteiger partial charge in [-0.25, -0.2) is 0 Å². The van der Waals surface area contributed by atoms with E-state index in [0.29, 0.717) is 10.6 Å². The molecule has 0 aliphatic rings. The Bertz CT molecular complexity index is 374. The fourth-order valence-electron chi connectivity index (χ4n) is 1.15. The minimum absolute atomic E-state index is 0.159. The Balaban J connectivity index is 3.19. The Morgan fingerprint density at radius 3 is 2.71 bits per heavy atom. The smallest absolute Gasteiger partial charge is 0.248 e. The maximum absolute atomic E-state index is 11.0. The van der Waals surface area contributed by atoms with Gasteiger partial charge in [0, 0.05) is 10.6 Å². The van der Waals surface area contributed by atoms with Crippen molar-refractivity contribution < 1.29 is 4.79 Å². The van der Waals surface area contributed by atoms with Crippen molar-refractivity contribution in [3.63, 3.8) is 0 Å². The molecule has 3 heteroatoms. The summed E-state index contributed by atoms with van der Waals surface area (Å²) in [5.41, 5.74) is 6.55. The van der Waals surface area contributed by atoms with Crippen molar-refractivity contribution in [3.05, 3.63) is 47.0 Å². The summed E-state index contributed by atoms with van der Waals surface area (Å²) in [5.74, 6) is -0.309. The van der Waals surface area contributed by atoms with E-state index >= 15 is 0 Å². The average Bonchev–Trinajstić information content (AvgIpc) is 2.15. The van der Waals surface area contributed by atoms with Crippen LogP contribution in [0.25, 0.3) is 0 Å². The standard InChI is InChI=1S/C11H12ClNO/c1-3-7(2)8-4-9(11(13)14)6-10(12)5-8/h3-7H,1H2,2H3,(H2,13,14). The van der Waals surface area contributed by atoms with Crippen LogP contribution in [0.15, 0.2) is 30.9 Å². The van der Waals surface area contributed by atoms with E-state index in [1.54, 1.807) is 24.3 Å². The molecule has 1 amide bonds. The number of benzene rings is 1. The molecular formula is C11H12ClNO. The van der Waals surface area contributed by atoms with Gasteiger partial charge in [-0.05, 0) is 29.7 Å². The van der Waals surface area contributed by atoms with Gasteiger partial charge in [0.1, 0.15) is 0 Å². The zero-order valence-corrected chi connectivity index (χ0v) is 8.71. The molecule has 0 radical (unpaired) electrons. The third kappa shape index (κ3) is 2.36. The molecule has 14 heavy (non-hydrogen) atoms. The first kappa shape index (κ1) is 10.8. The van der Waals surface area contributed by atoms with Gasteiger partial charge in [-0.15, -0.1) is 6.58 Å². The van der Waals surface area contributed by atoms with Gasteiger partial charge in [0.2, 0.25) is 5.91 Å². The molecule has 0 fully saturated rings. The van der Waals surface area contributed by atoms with Crippen molar-refractivity contribution in [1.82, 2.24) is 0 Å². The van der Waals surface area contributed by atoms with Gasteiger partial charge in [0.05, 0.1) is 0 Å². The number of hydrogen-bond acceptors (Lipinski definition) is 1. The van der Waals surface area contributed by atoms with Crippen LogP contribution in [0.1, 0.15) is 28.8 Å². The lowest BCUT2D eigenvalue weighted by Gasteiger charge is -2.08. The molecule has 0 heterocycles. The molecule has 0 aliphatic carbocycles. The minimum Gasteiger partial charge on any atom is -0.366 e. The Morgan fingerprint density at radius 1 is 1.57 bits per heavy atom. The summed E-state index contributed by atoms with van der Waals surface area (Å²) in [5, 5.41) is 0.519.